The number of rotatable bonds is 6. The molecule has 1 unspecified atom stereocenters. The van der Waals surface area contributed by atoms with Crippen LogP contribution in [0.25, 0.3) is 0 Å². The van der Waals surface area contributed by atoms with Gasteiger partial charge < -0.3 is 9.47 Å². The average molecular weight is 194 g/mol. The van der Waals surface area contributed by atoms with Crippen molar-refractivity contribution in [2.75, 3.05) is 20.3 Å². The van der Waals surface area contributed by atoms with Gasteiger partial charge in [-0.2, -0.15) is 0 Å². The molecular formula is C12H18O2. The van der Waals surface area contributed by atoms with Crippen molar-refractivity contribution in [3.05, 3.63) is 35.9 Å². The Morgan fingerprint density at radius 1 is 1.21 bits per heavy atom. The van der Waals surface area contributed by atoms with E-state index in [0.29, 0.717) is 6.61 Å². The van der Waals surface area contributed by atoms with Crippen molar-refractivity contribution in [3.63, 3.8) is 0 Å². The number of hydrogen-bond acceptors (Lipinski definition) is 2. The molecule has 1 aromatic carbocycles. The van der Waals surface area contributed by atoms with E-state index in [-0.39, 0.29) is 6.10 Å². The highest BCUT2D eigenvalue weighted by Crippen LogP contribution is 2.17. The maximum atomic E-state index is 5.69. The van der Waals surface area contributed by atoms with Crippen LogP contribution in [0.15, 0.2) is 30.3 Å². The highest BCUT2D eigenvalue weighted by molar-refractivity contribution is 5.17. The van der Waals surface area contributed by atoms with Crippen molar-refractivity contribution in [2.45, 2.75) is 19.4 Å². The molecule has 1 rings (SSSR count). The van der Waals surface area contributed by atoms with Crippen LogP contribution in [0.5, 0.6) is 0 Å². The summed E-state index contributed by atoms with van der Waals surface area (Å²) in [4.78, 5) is 0. The van der Waals surface area contributed by atoms with E-state index in [2.05, 4.69) is 19.1 Å². The van der Waals surface area contributed by atoms with Crippen LogP contribution in [0.1, 0.15) is 25.0 Å². The summed E-state index contributed by atoms with van der Waals surface area (Å²) in [6, 6.07) is 10.2. The predicted octanol–water partition coefficient (Wildman–Crippen LogP) is 2.80. The molecule has 78 valence electrons. The van der Waals surface area contributed by atoms with E-state index in [1.165, 1.54) is 5.56 Å². The third kappa shape index (κ3) is 3.48. The highest BCUT2D eigenvalue weighted by Gasteiger charge is 2.10. The summed E-state index contributed by atoms with van der Waals surface area (Å²) in [5.74, 6) is 0. The van der Waals surface area contributed by atoms with Crippen LogP contribution in [0.3, 0.4) is 0 Å². The fourth-order valence-corrected chi connectivity index (χ4v) is 1.32. The van der Waals surface area contributed by atoms with E-state index in [9.17, 15) is 0 Å². The van der Waals surface area contributed by atoms with Gasteiger partial charge in [0.05, 0.1) is 6.61 Å². The summed E-state index contributed by atoms with van der Waals surface area (Å²) in [5, 5.41) is 0. The van der Waals surface area contributed by atoms with Crippen LogP contribution in [0.2, 0.25) is 0 Å². The van der Waals surface area contributed by atoms with E-state index in [1.54, 1.807) is 7.11 Å². The molecule has 0 aliphatic heterocycles. The van der Waals surface area contributed by atoms with Crippen LogP contribution >= 0.6 is 0 Å². The maximum Gasteiger partial charge on any atom is 0.106 e. The van der Waals surface area contributed by atoms with Gasteiger partial charge in [-0.1, -0.05) is 37.3 Å². The lowest BCUT2D eigenvalue weighted by Crippen LogP contribution is -2.11. The first kappa shape index (κ1) is 11.2. The van der Waals surface area contributed by atoms with Gasteiger partial charge in [0.25, 0.3) is 0 Å². The zero-order chi connectivity index (χ0) is 10.2. The maximum absolute atomic E-state index is 5.69. The summed E-state index contributed by atoms with van der Waals surface area (Å²) in [6.45, 7) is 3.50. The van der Waals surface area contributed by atoms with Gasteiger partial charge in [0.1, 0.15) is 6.10 Å². The molecule has 0 saturated heterocycles. The van der Waals surface area contributed by atoms with Crippen LogP contribution in [0.4, 0.5) is 0 Å². The fourth-order valence-electron chi connectivity index (χ4n) is 1.32. The summed E-state index contributed by atoms with van der Waals surface area (Å²) < 4.78 is 10.8. The average Bonchev–Trinajstić information content (AvgIpc) is 2.25. The van der Waals surface area contributed by atoms with Gasteiger partial charge >= 0.3 is 0 Å². The fraction of sp³-hybridized carbons (Fsp3) is 0.500. The zero-order valence-electron chi connectivity index (χ0n) is 8.90. The molecule has 1 atom stereocenters. The van der Waals surface area contributed by atoms with Gasteiger partial charge in [-0.05, 0) is 12.0 Å². The minimum absolute atomic E-state index is 0.0705. The topological polar surface area (TPSA) is 18.5 Å². The largest absolute Gasteiger partial charge is 0.382 e. The zero-order valence-corrected chi connectivity index (χ0v) is 8.90. The molecule has 0 aliphatic carbocycles. The number of methoxy groups -OCH3 is 1. The minimum Gasteiger partial charge on any atom is -0.382 e. The Kier molecular flexibility index (Phi) is 5.27. The first-order valence-corrected chi connectivity index (χ1v) is 5.04. The molecule has 0 amide bonds. The van der Waals surface area contributed by atoms with Gasteiger partial charge in [-0.15, -0.1) is 0 Å². The summed E-state index contributed by atoms with van der Waals surface area (Å²) in [5.41, 5.74) is 1.18. The summed E-state index contributed by atoms with van der Waals surface area (Å²) >= 11 is 0. The second-order valence-corrected chi connectivity index (χ2v) is 3.23. The molecular weight excluding hydrogens is 176 g/mol. The van der Waals surface area contributed by atoms with Gasteiger partial charge in [0, 0.05) is 13.7 Å². The van der Waals surface area contributed by atoms with E-state index >= 15 is 0 Å². The second kappa shape index (κ2) is 6.57. The molecule has 0 aliphatic rings. The quantitative estimate of drug-likeness (QED) is 0.693. The van der Waals surface area contributed by atoms with E-state index < -0.39 is 0 Å². The Morgan fingerprint density at radius 3 is 2.50 bits per heavy atom. The van der Waals surface area contributed by atoms with Gasteiger partial charge in [0.15, 0.2) is 0 Å². The van der Waals surface area contributed by atoms with Gasteiger partial charge in [0.2, 0.25) is 0 Å². The van der Waals surface area contributed by atoms with Crippen LogP contribution in [-0.4, -0.2) is 20.3 Å². The van der Waals surface area contributed by atoms with Crippen molar-refractivity contribution in [1.82, 2.24) is 0 Å². The SMILES string of the molecule is CCCOC(COC)c1ccccc1. The standard InChI is InChI=1S/C12H18O2/c1-3-9-14-12(10-13-2)11-7-5-4-6-8-11/h4-8,12H,3,9-10H2,1-2H3. The Balaban J connectivity index is 2.58. The first-order valence-electron chi connectivity index (χ1n) is 5.04. The first-order chi connectivity index (χ1) is 6.88. The second-order valence-electron chi connectivity index (χ2n) is 3.23. The molecule has 14 heavy (non-hydrogen) atoms. The molecule has 0 radical (unpaired) electrons. The molecule has 0 heterocycles. The Morgan fingerprint density at radius 2 is 1.93 bits per heavy atom. The van der Waals surface area contributed by atoms with Crippen LogP contribution in [0, 0.1) is 0 Å². The smallest absolute Gasteiger partial charge is 0.106 e. The lowest BCUT2D eigenvalue weighted by molar-refractivity contribution is -0.00302. The molecule has 0 saturated carbocycles. The number of hydrogen-bond donors (Lipinski definition) is 0. The molecule has 2 heteroatoms. The normalized spacial score (nSPS) is 12.7. The van der Waals surface area contributed by atoms with Crippen LogP contribution < -0.4 is 0 Å². The Hall–Kier alpha value is -0.860. The van der Waals surface area contributed by atoms with E-state index in [4.69, 9.17) is 9.47 Å². The third-order valence-corrected chi connectivity index (χ3v) is 2.01. The molecule has 0 N–H and O–H groups in total. The Bertz CT molecular complexity index is 233. The van der Waals surface area contributed by atoms with Gasteiger partial charge in [-0.3, -0.25) is 0 Å². The molecule has 0 spiro atoms. The van der Waals surface area contributed by atoms with Crippen LogP contribution in [-0.2, 0) is 9.47 Å². The molecule has 0 bridgehead atoms. The highest BCUT2D eigenvalue weighted by atomic mass is 16.5. The lowest BCUT2D eigenvalue weighted by atomic mass is 10.1. The minimum atomic E-state index is 0.0705. The summed E-state index contributed by atoms with van der Waals surface area (Å²) in [7, 11) is 1.70. The molecule has 1 aromatic rings. The molecule has 2 nitrogen and oxygen atoms in total. The monoisotopic (exact) mass is 194 g/mol. The number of ether oxygens (including phenoxy) is 2. The van der Waals surface area contributed by atoms with Crippen molar-refractivity contribution < 1.29 is 9.47 Å². The molecule has 0 aromatic heterocycles. The summed E-state index contributed by atoms with van der Waals surface area (Å²) in [6.07, 6.45) is 1.11. The van der Waals surface area contributed by atoms with E-state index in [1.807, 2.05) is 18.2 Å². The van der Waals surface area contributed by atoms with Gasteiger partial charge in [-0.25, -0.2) is 0 Å². The predicted molar refractivity (Wildman–Crippen MR) is 57.3 cm³/mol. The molecule has 0 fully saturated rings. The van der Waals surface area contributed by atoms with Crippen molar-refractivity contribution >= 4 is 0 Å². The lowest BCUT2D eigenvalue weighted by Gasteiger charge is -2.16. The van der Waals surface area contributed by atoms with E-state index in [0.717, 1.165) is 13.0 Å². The number of benzene rings is 1. The van der Waals surface area contributed by atoms with Crippen molar-refractivity contribution in [1.29, 1.82) is 0 Å². The van der Waals surface area contributed by atoms with Crippen molar-refractivity contribution in [3.8, 4) is 0 Å². The van der Waals surface area contributed by atoms with Crippen molar-refractivity contribution in [2.24, 2.45) is 0 Å². The Labute approximate surface area is 85.8 Å². The third-order valence-electron chi connectivity index (χ3n) is 2.01.